The zero-order chi connectivity index (χ0) is 49.3. The molecule has 24 heteroatoms. The number of aromatic carboxylic acids is 3. The van der Waals surface area contributed by atoms with Crippen LogP contribution in [0, 0.1) is 0 Å². The number of carbonyl (C=O) groups is 9. The molecule has 0 saturated heterocycles. The van der Waals surface area contributed by atoms with Crippen LogP contribution in [0.25, 0.3) is 0 Å². The molecule has 66 heavy (non-hydrogen) atoms. The highest BCUT2D eigenvalue weighted by Crippen LogP contribution is 2.32. The van der Waals surface area contributed by atoms with Gasteiger partial charge in [0.05, 0.1) is 58.3 Å². The Kier molecular flexibility index (Phi) is 15.0. The van der Waals surface area contributed by atoms with Gasteiger partial charge in [-0.2, -0.15) is 0 Å². The van der Waals surface area contributed by atoms with Crippen LogP contribution in [-0.4, -0.2) is 115 Å². The van der Waals surface area contributed by atoms with Gasteiger partial charge in [0.1, 0.15) is 34.5 Å². The molecule has 0 aromatic heterocycles. The van der Waals surface area contributed by atoms with Crippen LogP contribution < -0.4 is 16.0 Å². The largest absolute Gasteiger partial charge is 0.508 e. The number of rotatable bonds is 15. The summed E-state index contributed by atoms with van der Waals surface area (Å²) >= 11 is 0. The molecule has 0 bridgehead atoms. The highest BCUT2D eigenvalue weighted by molar-refractivity contribution is 6.13. The third-order valence-electron chi connectivity index (χ3n) is 8.80. The molecule has 0 aliphatic rings. The number of carbonyl (C=O) groups excluding carboxylic acids is 3. The maximum atomic E-state index is 12.7. The first-order valence-corrected chi connectivity index (χ1v) is 18.1. The van der Waals surface area contributed by atoms with E-state index in [1.807, 2.05) is 0 Å². The average Bonchev–Trinajstić information content (AvgIpc) is 3.20. The minimum atomic E-state index is -1.59. The second-order valence-electron chi connectivity index (χ2n) is 13.5. The Labute approximate surface area is 367 Å². The lowest BCUT2D eigenvalue weighted by Gasteiger charge is -2.13. The molecule has 0 unspecified atom stereocenters. The van der Waals surface area contributed by atoms with Crippen molar-refractivity contribution in [3.63, 3.8) is 0 Å². The molecule has 0 heterocycles. The highest BCUT2D eigenvalue weighted by Gasteiger charge is 2.24. The standard InChI is InChI=1S/C25H20N2O12.C17H13NO9/c28-17-8-15(19(30)3-10(17)5-21(32)33)23(36)26-13-1-12(25(38)39)2-14(7-13)27-24(37)16-9-18(29)11(4-20(16)31)6-22(34)35;19-11-6-9(12(20)4-7(11)5-13(21)22)15(23)18-10-3-1-2-8(16(24)25)14(10)17(26)27/h1-4,7-9,28-31H,5-6H2,(H,26,36)(H,27,37)(H,32,33)(H,34,35)(H,38,39);1-4,6,19-20H,5H2,(H,18,23)(H,21,22)(H,24,25)(H,26,27). The van der Waals surface area contributed by atoms with Crippen molar-refractivity contribution in [3.8, 4) is 34.5 Å². The first kappa shape index (κ1) is 48.8. The van der Waals surface area contributed by atoms with Crippen molar-refractivity contribution in [1.29, 1.82) is 0 Å². The van der Waals surface area contributed by atoms with E-state index in [0.717, 1.165) is 66.7 Å². The van der Waals surface area contributed by atoms with Crippen molar-refractivity contribution >= 4 is 70.6 Å². The first-order chi connectivity index (χ1) is 30.9. The molecule has 24 nitrogen and oxygen atoms in total. The Hall–Kier alpha value is -9.87. The number of hydrogen-bond acceptors (Lipinski definition) is 15. The molecule has 0 aliphatic carbocycles. The Morgan fingerprint density at radius 3 is 1.06 bits per heavy atom. The molecule has 0 saturated carbocycles. The first-order valence-electron chi connectivity index (χ1n) is 18.1. The average molecular weight is 916 g/mol. The Morgan fingerprint density at radius 2 is 0.742 bits per heavy atom. The van der Waals surface area contributed by atoms with E-state index < -0.39 is 141 Å². The predicted molar refractivity (Wildman–Crippen MR) is 221 cm³/mol. The molecule has 0 fully saturated rings. The topological polar surface area (TPSA) is 432 Å². The van der Waals surface area contributed by atoms with Gasteiger partial charge in [-0.05, 0) is 66.7 Å². The highest BCUT2D eigenvalue weighted by atomic mass is 16.4. The summed E-state index contributed by atoms with van der Waals surface area (Å²) in [6, 6.07) is 11.8. The van der Waals surface area contributed by atoms with Crippen LogP contribution in [0.2, 0.25) is 0 Å². The van der Waals surface area contributed by atoms with Crippen LogP contribution in [-0.2, 0) is 33.6 Å². The van der Waals surface area contributed by atoms with Crippen LogP contribution in [0.4, 0.5) is 17.1 Å². The molecular formula is C42H33N3O21. The SMILES string of the molecule is O=C(O)Cc1cc(O)c(C(=O)Nc2cc(NC(=O)c3cc(O)c(CC(=O)O)cc3O)cc(C(=O)O)c2)cc1O.O=C(O)Cc1cc(O)c(C(=O)Nc2cccc(C(=O)O)c2C(=O)O)cc1O. The summed E-state index contributed by atoms with van der Waals surface area (Å²) in [4.78, 5) is 104. The number of aromatic hydroxyl groups is 6. The minimum absolute atomic E-state index is 0.129. The lowest BCUT2D eigenvalue weighted by molar-refractivity contribution is -0.137. The van der Waals surface area contributed by atoms with Crippen LogP contribution >= 0.6 is 0 Å². The summed E-state index contributed by atoms with van der Waals surface area (Å²) in [7, 11) is 0. The van der Waals surface area contributed by atoms with Gasteiger partial charge in [0.25, 0.3) is 17.7 Å². The van der Waals surface area contributed by atoms with Crippen LogP contribution in [0.5, 0.6) is 34.5 Å². The van der Waals surface area contributed by atoms with Gasteiger partial charge in [0.15, 0.2) is 0 Å². The zero-order valence-corrected chi connectivity index (χ0v) is 33.1. The van der Waals surface area contributed by atoms with E-state index in [2.05, 4.69) is 16.0 Å². The van der Waals surface area contributed by atoms with Crippen molar-refractivity contribution in [3.05, 3.63) is 123 Å². The smallest absolute Gasteiger partial charge is 0.338 e. The molecule has 0 atom stereocenters. The quantitative estimate of drug-likeness (QED) is 0.0669. The summed E-state index contributed by atoms with van der Waals surface area (Å²) in [6.07, 6.45) is -1.84. The molecule has 0 spiro atoms. The lowest BCUT2D eigenvalue weighted by Crippen LogP contribution is -2.17. The van der Waals surface area contributed by atoms with E-state index >= 15 is 0 Å². The maximum Gasteiger partial charge on any atom is 0.338 e. The fourth-order valence-electron chi connectivity index (χ4n) is 5.87. The van der Waals surface area contributed by atoms with Gasteiger partial charge in [-0.1, -0.05) is 6.07 Å². The van der Waals surface area contributed by atoms with Gasteiger partial charge < -0.3 is 77.2 Å². The van der Waals surface area contributed by atoms with E-state index in [-0.39, 0.29) is 33.8 Å². The van der Waals surface area contributed by atoms with Crippen LogP contribution in [0.15, 0.2) is 72.8 Å². The van der Waals surface area contributed by atoms with Crippen molar-refractivity contribution in [1.82, 2.24) is 0 Å². The maximum absolute atomic E-state index is 12.7. The normalized spacial score (nSPS) is 10.4. The number of carboxylic acids is 6. The van der Waals surface area contributed by atoms with E-state index in [0.29, 0.717) is 0 Å². The molecule has 0 aliphatic heterocycles. The lowest BCUT2D eigenvalue weighted by atomic mass is 10.0. The summed E-state index contributed by atoms with van der Waals surface area (Å²) in [5.41, 5.74) is -4.11. The summed E-state index contributed by atoms with van der Waals surface area (Å²) in [5.74, 6) is -15.1. The van der Waals surface area contributed by atoms with Gasteiger partial charge in [-0.25, -0.2) is 14.4 Å². The van der Waals surface area contributed by atoms with Gasteiger partial charge >= 0.3 is 35.8 Å². The third kappa shape index (κ3) is 12.2. The Bertz CT molecular complexity index is 2770. The molecule has 3 amide bonds. The number of phenols is 6. The van der Waals surface area contributed by atoms with E-state index in [9.17, 15) is 84.0 Å². The number of amides is 3. The minimum Gasteiger partial charge on any atom is -0.508 e. The monoisotopic (exact) mass is 915 g/mol. The van der Waals surface area contributed by atoms with Crippen molar-refractivity contribution in [2.75, 3.05) is 16.0 Å². The van der Waals surface area contributed by atoms with Gasteiger partial charge in [0, 0.05) is 28.1 Å². The van der Waals surface area contributed by atoms with Gasteiger partial charge in [-0.3, -0.25) is 28.8 Å². The number of benzene rings is 5. The number of nitrogens with one attached hydrogen (secondary N) is 3. The second-order valence-corrected chi connectivity index (χ2v) is 13.5. The van der Waals surface area contributed by atoms with Crippen LogP contribution in [0.3, 0.4) is 0 Å². The Morgan fingerprint density at radius 1 is 0.379 bits per heavy atom. The zero-order valence-electron chi connectivity index (χ0n) is 33.1. The third-order valence-corrected chi connectivity index (χ3v) is 8.80. The molecular weight excluding hydrogens is 882 g/mol. The fraction of sp³-hybridized carbons (Fsp3) is 0.0714. The molecule has 5 aromatic rings. The molecule has 342 valence electrons. The predicted octanol–water partition coefficient (Wildman–Crippen LogP) is 3.34. The second kappa shape index (κ2) is 20.3. The Balaban J connectivity index is 0.000000309. The van der Waals surface area contributed by atoms with Crippen molar-refractivity contribution in [2.45, 2.75) is 19.3 Å². The fourth-order valence-corrected chi connectivity index (χ4v) is 5.87. The molecule has 5 rings (SSSR count). The number of hydrogen-bond donors (Lipinski definition) is 15. The summed E-state index contributed by atoms with van der Waals surface area (Å²) < 4.78 is 0. The van der Waals surface area contributed by atoms with E-state index in [4.69, 9.17) is 20.4 Å². The van der Waals surface area contributed by atoms with E-state index in [1.54, 1.807) is 0 Å². The number of phenolic OH excluding ortho intramolecular Hbond substituents is 6. The van der Waals surface area contributed by atoms with Crippen molar-refractivity contribution in [2.24, 2.45) is 0 Å². The number of carboxylic acid groups (broad SMARTS) is 6. The molecule has 5 aromatic carbocycles. The summed E-state index contributed by atoms with van der Waals surface area (Å²) in [5, 5.41) is 121. The number of aliphatic carboxylic acids is 3. The van der Waals surface area contributed by atoms with Gasteiger partial charge in [-0.15, -0.1) is 0 Å². The summed E-state index contributed by atoms with van der Waals surface area (Å²) in [6.45, 7) is 0. The molecule has 0 radical (unpaired) electrons. The van der Waals surface area contributed by atoms with Crippen LogP contribution in [0.1, 0.15) is 78.8 Å². The van der Waals surface area contributed by atoms with Crippen molar-refractivity contribution < 1.29 is 104 Å². The van der Waals surface area contributed by atoms with E-state index in [1.165, 1.54) is 6.07 Å². The van der Waals surface area contributed by atoms with Gasteiger partial charge in [0.2, 0.25) is 0 Å². The number of anilines is 3. The molecule has 15 N–H and O–H groups in total.